The number of nitrogens with zero attached hydrogens (tertiary/aromatic N) is 1. The number of primary amides is 1. The van der Waals surface area contributed by atoms with Crippen molar-refractivity contribution in [1.29, 1.82) is 0 Å². The summed E-state index contributed by atoms with van der Waals surface area (Å²) in [6.45, 7) is -1.29. The molecule has 1 aliphatic heterocycles. The average molecular weight is 314 g/mol. The van der Waals surface area contributed by atoms with Gasteiger partial charge >= 0.3 is 7.82 Å². The normalized spacial score (nSPS) is 30.2. The Morgan fingerprint density at radius 1 is 1.50 bits per heavy atom. The summed E-state index contributed by atoms with van der Waals surface area (Å²) in [7, 11) is -4.99. The minimum Gasteiger partial charge on any atom is -0.394 e. The van der Waals surface area contributed by atoms with Gasteiger partial charge in [-0.25, -0.2) is 4.57 Å². The molecule has 11 nitrogen and oxygen atoms in total. The average Bonchev–Trinajstić information content (AvgIpc) is 2.62. The SMILES string of the molecule is NC(=O)CN(C=O)C1O[C@H](CO)[C@@H](O)[C@H]1OP(=O)(O)O. The Morgan fingerprint density at radius 2 is 2.10 bits per heavy atom. The van der Waals surface area contributed by atoms with Gasteiger partial charge in [-0.3, -0.25) is 14.1 Å². The smallest absolute Gasteiger partial charge is 0.394 e. The van der Waals surface area contributed by atoms with Crippen molar-refractivity contribution in [2.24, 2.45) is 5.73 Å². The number of amides is 2. The number of aliphatic hydroxyl groups excluding tert-OH is 2. The first-order chi connectivity index (χ1) is 9.19. The summed E-state index contributed by atoms with van der Waals surface area (Å²) in [4.78, 5) is 39.9. The first-order valence-electron chi connectivity index (χ1n) is 5.37. The zero-order chi connectivity index (χ0) is 15.5. The molecule has 0 bridgehead atoms. The van der Waals surface area contributed by atoms with Gasteiger partial charge in [-0.15, -0.1) is 0 Å². The number of carbonyl (C=O) groups is 2. The first kappa shape index (κ1) is 17.0. The van der Waals surface area contributed by atoms with Gasteiger partial charge in [0.2, 0.25) is 12.3 Å². The summed E-state index contributed by atoms with van der Waals surface area (Å²) in [5, 5.41) is 18.7. The van der Waals surface area contributed by atoms with E-state index in [0.717, 1.165) is 0 Å². The van der Waals surface area contributed by atoms with Crippen LogP contribution in [0.1, 0.15) is 0 Å². The minimum atomic E-state index is -4.99. The lowest BCUT2D eigenvalue weighted by atomic mass is 10.1. The molecule has 0 aliphatic carbocycles. The van der Waals surface area contributed by atoms with Crippen molar-refractivity contribution in [2.75, 3.05) is 13.2 Å². The van der Waals surface area contributed by atoms with Crippen molar-refractivity contribution < 1.29 is 43.4 Å². The third kappa shape index (κ3) is 4.21. The number of aliphatic hydroxyl groups is 2. The molecule has 1 saturated heterocycles. The molecule has 1 unspecified atom stereocenters. The molecule has 1 aliphatic rings. The van der Waals surface area contributed by atoms with E-state index in [-0.39, 0.29) is 6.41 Å². The highest BCUT2D eigenvalue weighted by Crippen LogP contribution is 2.42. The first-order valence-corrected chi connectivity index (χ1v) is 6.90. The van der Waals surface area contributed by atoms with Crippen molar-refractivity contribution in [1.82, 2.24) is 4.90 Å². The highest BCUT2D eigenvalue weighted by molar-refractivity contribution is 7.46. The van der Waals surface area contributed by atoms with Gasteiger partial charge in [-0.1, -0.05) is 0 Å². The Bertz CT molecular complexity index is 413. The van der Waals surface area contributed by atoms with Crippen molar-refractivity contribution >= 4 is 20.1 Å². The Balaban J connectivity index is 2.96. The van der Waals surface area contributed by atoms with Crippen LogP contribution >= 0.6 is 7.82 Å². The molecule has 20 heavy (non-hydrogen) atoms. The fourth-order valence-corrected chi connectivity index (χ4v) is 2.32. The quantitative estimate of drug-likeness (QED) is 0.235. The fraction of sp³-hybridized carbons (Fsp3) is 0.750. The summed E-state index contributed by atoms with van der Waals surface area (Å²) >= 11 is 0. The molecule has 0 aromatic carbocycles. The lowest BCUT2D eigenvalue weighted by Gasteiger charge is -2.28. The summed E-state index contributed by atoms with van der Waals surface area (Å²) in [5.41, 5.74) is 4.91. The number of rotatable bonds is 7. The largest absolute Gasteiger partial charge is 0.470 e. The van der Waals surface area contributed by atoms with Crippen molar-refractivity contribution in [3.05, 3.63) is 0 Å². The number of phosphoric acid groups is 1. The molecule has 1 heterocycles. The molecular formula is C8H15N2O9P. The fourth-order valence-electron chi connectivity index (χ4n) is 1.78. The van der Waals surface area contributed by atoms with Crippen LogP contribution in [0.3, 0.4) is 0 Å². The standard InChI is InChI=1S/C8H15N2O9P/c9-5(13)1-10(3-12)8-7(19-20(15,16)17)6(14)4(2-11)18-8/h3-4,6-8,11,14H,1-2H2,(H2,9,13)(H2,15,16,17)/t4-,6-,7-,8?/m1/s1. The van der Waals surface area contributed by atoms with Crippen LogP contribution in [-0.2, 0) is 23.4 Å². The second-order valence-electron chi connectivity index (χ2n) is 4.04. The van der Waals surface area contributed by atoms with Gasteiger partial charge in [0, 0.05) is 0 Å². The van der Waals surface area contributed by atoms with Crippen molar-refractivity contribution in [3.8, 4) is 0 Å². The van der Waals surface area contributed by atoms with E-state index in [2.05, 4.69) is 4.52 Å². The van der Waals surface area contributed by atoms with Gasteiger partial charge in [0.25, 0.3) is 0 Å². The molecule has 12 heteroatoms. The van der Waals surface area contributed by atoms with E-state index in [1.165, 1.54) is 0 Å². The maximum absolute atomic E-state index is 10.9. The van der Waals surface area contributed by atoms with Gasteiger partial charge in [-0.05, 0) is 0 Å². The van der Waals surface area contributed by atoms with Crippen LogP contribution in [0.5, 0.6) is 0 Å². The zero-order valence-corrected chi connectivity index (χ0v) is 11.0. The van der Waals surface area contributed by atoms with E-state index >= 15 is 0 Å². The van der Waals surface area contributed by atoms with Crippen molar-refractivity contribution in [3.63, 3.8) is 0 Å². The van der Waals surface area contributed by atoms with Crippen LogP contribution in [0.15, 0.2) is 0 Å². The van der Waals surface area contributed by atoms with E-state index in [4.69, 9.17) is 25.4 Å². The molecule has 0 aromatic rings. The molecular weight excluding hydrogens is 299 g/mol. The molecule has 0 aromatic heterocycles. The van der Waals surface area contributed by atoms with E-state index in [1.54, 1.807) is 0 Å². The third-order valence-corrected chi connectivity index (χ3v) is 3.07. The van der Waals surface area contributed by atoms with Crippen molar-refractivity contribution in [2.45, 2.75) is 24.5 Å². The van der Waals surface area contributed by atoms with Crippen LogP contribution in [0.2, 0.25) is 0 Å². The van der Waals surface area contributed by atoms with Gasteiger partial charge < -0.3 is 35.4 Å². The number of hydrogen-bond acceptors (Lipinski definition) is 7. The third-order valence-electron chi connectivity index (χ3n) is 2.55. The molecule has 0 saturated carbocycles. The van der Waals surface area contributed by atoms with E-state index in [9.17, 15) is 19.3 Å². The number of ether oxygens (including phenoxy) is 1. The molecule has 4 atom stereocenters. The van der Waals surface area contributed by atoms with E-state index in [1.807, 2.05) is 0 Å². The second kappa shape index (κ2) is 6.59. The second-order valence-corrected chi connectivity index (χ2v) is 5.23. The Morgan fingerprint density at radius 3 is 2.50 bits per heavy atom. The number of hydrogen-bond donors (Lipinski definition) is 5. The molecule has 6 N–H and O–H groups in total. The Hall–Kier alpha value is -1.07. The molecule has 2 amide bonds. The maximum atomic E-state index is 10.9. The molecule has 1 fully saturated rings. The number of nitrogens with two attached hydrogens (primary N) is 1. The van der Waals surface area contributed by atoms with E-state index in [0.29, 0.717) is 4.90 Å². The topological polar surface area (TPSA) is 180 Å². The van der Waals surface area contributed by atoms with Gasteiger partial charge in [0.1, 0.15) is 24.9 Å². The lowest BCUT2D eigenvalue weighted by molar-refractivity contribution is -0.144. The highest BCUT2D eigenvalue weighted by atomic mass is 31.2. The predicted molar refractivity (Wildman–Crippen MR) is 60.6 cm³/mol. The molecule has 0 radical (unpaired) electrons. The van der Waals surface area contributed by atoms with Gasteiger partial charge in [0.15, 0.2) is 6.23 Å². The zero-order valence-electron chi connectivity index (χ0n) is 10.1. The molecule has 0 spiro atoms. The Kier molecular flexibility index (Phi) is 5.59. The lowest BCUT2D eigenvalue weighted by Crippen LogP contribution is -2.47. The highest BCUT2D eigenvalue weighted by Gasteiger charge is 2.49. The summed E-state index contributed by atoms with van der Waals surface area (Å²) in [5.74, 6) is -0.905. The van der Waals surface area contributed by atoms with Crippen LogP contribution in [-0.4, -0.2) is 74.9 Å². The van der Waals surface area contributed by atoms with Gasteiger partial charge in [0.05, 0.1) is 6.61 Å². The molecule has 116 valence electrons. The number of carbonyl (C=O) groups excluding carboxylic acids is 2. The van der Waals surface area contributed by atoms with Gasteiger partial charge in [-0.2, -0.15) is 0 Å². The monoisotopic (exact) mass is 314 g/mol. The van der Waals surface area contributed by atoms with Crippen LogP contribution in [0, 0.1) is 0 Å². The maximum Gasteiger partial charge on any atom is 0.470 e. The summed E-state index contributed by atoms with van der Waals surface area (Å²) in [6.07, 6.45) is -5.80. The Labute approximate surface area is 113 Å². The van der Waals surface area contributed by atoms with Crippen LogP contribution < -0.4 is 5.73 Å². The van der Waals surface area contributed by atoms with Crippen LogP contribution in [0.4, 0.5) is 0 Å². The minimum absolute atomic E-state index is 0.151. The van der Waals surface area contributed by atoms with E-state index < -0.39 is 51.4 Å². The van der Waals surface area contributed by atoms with Crippen LogP contribution in [0.25, 0.3) is 0 Å². The summed E-state index contributed by atoms with van der Waals surface area (Å²) in [6, 6.07) is 0. The molecule has 1 rings (SSSR count). The predicted octanol–water partition coefficient (Wildman–Crippen LogP) is -3.51. The number of phosphoric ester groups is 1. The summed E-state index contributed by atoms with van der Waals surface area (Å²) < 4.78 is 20.3.